The molecule has 1 heterocycles. The van der Waals surface area contributed by atoms with Gasteiger partial charge in [0.25, 0.3) is 5.56 Å². The molecule has 0 aliphatic heterocycles. The van der Waals surface area contributed by atoms with Crippen molar-refractivity contribution in [3.8, 4) is 0 Å². The summed E-state index contributed by atoms with van der Waals surface area (Å²) in [5.41, 5.74) is 0.978. The van der Waals surface area contributed by atoms with E-state index in [1.165, 1.54) is 10.6 Å². The van der Waals surface area contributed by atoms with Crippen molar-refractivity contribution in [2.45, 2.75) is 13.5 Å². The summed E-state index contributed by atoms with van der Waals surface area (Å²) in [6.07, 6.45) is 1.64. The molecule has 1 aromatic carbocycles. The molecule has 0 spiro atoms. The molecule has 2 aromatic rings. The summed E-state index contributed by atoms with van der Waals surface area (Å²) in [6, 6.07) is 7.95. The molecule has 0 bridgehead atoms. The van der Waals surface area contributed by atoms with Crippen LogP contribution in [-0.2, 0) is 6.54 Å². The number of aryl methyl sites for hydroxylation is 1. The van der Waals surface area contributed by atoms with Gasteiger partial charge in [-0.1, -0.05) is 23.7 Å². The lowest BCUT2D eigenvalue weighted by Gasteiger charge is -2.07. The lowest BCUT2D eigenvalue weighted by Crippen LogP contribution is -2.22. The van der Waals surface area contributed by atoms with Gasteiger partial charge < -0.3 is 4.57 Å². The van der Waals surface area contributed by atoms with Gasteiger partial charge in [-0.15, -0.1) is 0 Å². The minimum atomic E-state index is -0.397. The normalized spacial score (nSPS) is 10.5. The highest BCUT2D eigenvalue weighted by Gasteiger charge is 2.05. The summed E-state index contributed by atoms with van der Waals surface area (Å²) in [5, 5.41) is 0.350. The van der Waals surface area contributed by atoms with E-state index in [2.05, 4.69) is 0 Å². The minimum Gasteiger partial charge on any atom is -0.311 e. The molecule has 0 saturated heterocycles. The Kier molecular flexibility index (Phi) is 3.29. The van der Waals surface area contributed by atoms with Crippen LogP contribution >= 0.6 is 11.6 Å². The summed E-state index contributed by atoms with van der Waals surface area (Å²) < 4.78 is 15.0. The van der Waals surface area contributed by atoms with Gasteiger partial charge in [-0.2, -0.15) is 0 Å². The van der Waals surface area contributed by atoms with E-state index in [9.17, 15) is 9.18 Å². The first-order valence-electron chi connectivity index (χ1n) is 5.18. The second-order valence-electron chi connectivity index (χ2n) is 3.86. The van der Waals surface area contributed by atoms with Crippen molar-refractivity contribution < 1.29 is 4.39 Å². The third kappa shape index (κ3) is 2.56. The van der Waals surface area contributed by atoms with Crippen molar-refractivity contribution in [2.75, 3.05) is 0 Å². The zero-order valence-electron chi connectivity index (χ0n) is 9.28. The average molecular weight is 252 g/mol. The Bertz CT molecular complexity index is 607. The maximum atomic E-state index is 13.6. The van der Waals surface area contributed by atoms with Crippen LogP contribution in [-0.4, -0.2) is 4.57 Å². The van der Waals surface area contributed by atoms with Crippen molar-refractivity contribution in [1.29, 1.82) is 0 Å². The van der Waals surface area contributed by atoms with Gasteiger partial charge in [0, 0.05) is 22.3 Å². The molecule has 0 unspecified atom stereocenters. The lowest BCUT2D eigenvalue weighted by atomic mass is 10.2. The van der Waals surface area contributed by atoms with Crippen molar-refractivity contribution in [1.82, 2.24) is 4.57 Å². The molecule has 2 rings (SSSR count). The topological polar surface area (TPSA) is 22.0 Å². The van der Waals surface area contributed by atoms with E-state index < -0.39 is 5.82 Å². The molecule has 0 aliphatic carbocycles. The molecule has 0 radical (unpaired) electrons. The summed E-state index contributed by atoms with van der Waals surface area (Å²) in [5.74, 6) is -0.397. The van der Waals surface area contributed by atoms with Crippen LogP contribution in [0.4, 0.5) is 4.39 Å². The van der Waals surface area contributed by atoms with E-state index in [4.69, 9.17) is 11.6 Å². The first-order valence-corrected chi connectivity index (χ1v) is 5.56. The summed E-state index contributed by atoms with van der Waals surface area (Å²) in [7, 11) is 0. The predicted octanol–water partition coefficient (Wildman–Crippen LogP) is 3.00. The van der Waals surface area contributed by atoms with Crippen LogP contribution in [0.15, 0.2) is 41.3 Å². The summed E-state index contributed by atoms with van der Waals surface area (Å²) in [6.45, 7) is 1.95. The molecule has 88 valence electrons. The second kappa shape index (κ2) is 4.72. The van der Waals surface area contributed by atoms with Gasteiger partial charge in [-0.3, -0.25) is 4.79 Å². The average Bonchev–Trinajstić information content (AvgIpc) is 2.28. The highest BCUT2D eigenvalue weighted by Crippen LogP contribution is 2.15. The second-order valence-corrected chi connectivity index (χ2v) is 4.30. The third-order valence-electron chi connectivity index (χ3n) is 2.57. The van der Waals surface area contributed by atoms with E-state index in [1.54, 1.807) is 37.4 Å². The number of halogens is 2. The van der Waals surface area contributed by atoms with E-state index in [-0.39, 0.29) is 12.1 Å². The van der Waals surface area contributed by atoms with E-state index >= 15 is 0 Å². The fourth-order valence-electron chi connectivity index (χ4n) is 1.61. The zero-order chi connectivity index (χ0) is 12.4. The standard InChI is InChI=1S/C13H11ClFNO/c1-9-3-2-6-16(13(9)17)8-10-4-5-11(14)7-12(10)15/h2-7H,8H2,1H3. The molecule has 0 atom stereocenters. The molecule has 17 heavy (non-hydrogen) atoms. The van der Waals surface area contributed by atoms with Gasteiger partial charge in [0.1, 0.15) is 5.82 Å². The van der Waals surface area contributed by atoms with Gasteiger partial charge in [0.05, 0.1) is 6.54 Å². The van der Waals surface area contributed by atoms with Crippen LogP contribution in [0.1, 0.15) is 11.1 Å². The van der Waals surface area contributed by atoms with Crippen molar-refractivity contribution in [3.05, 3.63) is 68.8 Å². The van der Waals surface area contributed by atoms with Crippen molar-refractivity contribution in [2.24, 2.45) is 0 Å². The number of rotatable bonds is 2. The van der Waals surface area contributed by atoms with Gasteiger partial charge in [-0.25, -0.2) is 4.39 Å². The molecule has 0 amide bonds. The van der Waals surface area contributed by atoms with Crippen LogP contribution in [0.25, 0.3) is 0 Å². The predicted molar refractivity (Wildman–Crippen MR) is 66.0 cm³/mol. The summed E-state index contributed by atoms with van der Waals surface area (Å²) in [4.78, 5) is 11.8. The Morgan fingerprint density at radius 1 is 1.35 bits per heavy atom. The van der Waals surface area contributed by atoms with Crippen LogP contribution in [0.3, 0.4) is 0 Å². The highest BCUT2D eigenvalue weighted by molar-refractivity contribution is 6.30. The Hall–Kier alpha value is -1.61. The Morgan fingerprint density at radius 2 is 2.12 bits per heavy atom. The molecule has 1 aromatic heterocycles. The lowest BCUT2D eigenvalue weighted by molar-refractivity contribution is 0.596. The molecule has 2 nitrogen and oxygen atoms in total. The fraction of sp³-hybridized carbons (Fsp3) is 0.154. The van der Waals surface area contributed by atoms with Gasteiger partial charge >= 0.3 is 0 Å². The molecule has 0 aliphatic rings. The molecule has 0 saturated carbocycles. The van der Waals surface area contributed by atoms with E-state index in [0.29, 0.717) is 16.1 Å². The molecule has 0 fully saturated rings. The van der Waals surface area contributed by atoms with Gasteiger partial charge in [-0.05, 0) is 25.1 Å². The number of nitrogens with zero attached hydrogens (tertiary/aromatic N) is 1. The number of hydrogen-bond donors (Lipinski definition) is 0. The minimum absolute atomic E-state index is 0.109. The van der Waals surface area contributed by atoms with Gasteiger partial charge in [0.15, 0.2) is 0 Å². The number of hydrogen-bond acceptors (Lipinski definition) is 1. The molecular weight excluding hydrogens is 241 g/mol. The maximum Gasteiger partial charge on any atom is 0.253 e. The first kappa shape index (κ1) is 11.9. The molecule has 4 heteroatoms. The first-order chi connectivity index (χ1) is 8.08. The Balaban J connectivity index is 2.38. The van der Waals surface area contributed by atoms with Crippen molar-refractivity contribution in [3.63, 3.8) is 0 Å². The molecular formula is C13H11ClFNO. The van der Waals surface area contributed by atoms with Crippen LogP contribution in [0.2, 0.25) is 5.02 Å². The van der Waals surface area contributed by atoms with E-state index in [0.717, 1.165) is 0 Å². The van der Waals surface area contributed by atoms with Crippen LogP contribution < -0.4 is 5.56 Å². The Morgan fingerprint density at radius 3 is 2.82 bits per heavy atom. The number of aromatic nitrogens is 1. The largest absolute Gasteiger partial charge is 0.311 e. The maximum absolute atomic E-state index is 13.6. The SMILES string of the molecule is Cc1cccn(Cc2ccc(Cl)cc2F)c1=O. The monoisotopic (exact) mass is 251 g/mol. The smallest absolute Gasteiger partial charge is 0.253 e. The zero-order valence-corrected chi connectivity index (χ0v) is 10.0. The number of benzene rings is 1. The highest BCUT2D eigenvalue weighted by atomic mass is 35.5. The Labute approximate surface area is 103 Å². The van der Waals surface area contributed by atoms with Crippen LogP contribution in [0, 0.1) is 12.7 Å². The van der Waals surface area contributed by atoms with Crippen LogP contribution in [0.5, 0.6) is 0 Å². The quantitative estimate of drug-likeness (QED) is 0.804. The van der Waals surface area contributed by atoms with Crippen molar-refractivity contribution >= 4 is 11.6 Å². The third-order valence-corrected chi connectivity index (χ3v) is 2.80. The van der Waals surface area contributed by atoms with Gasteiger partial charge in [0.2, 0.25) is 0 Å². The fourth-order valence-corrected chi connectivity index (χ4v) is 1.77. The molecule has 0 N–H and O–H groups in total. The van der Waals surface area contributed by atoms with E-state index in [1.807, 2.05) is 0 Å². The number of pyridine rings is 1. The summed E-state index contributed by atoms with van der Waals surface area (Å²) >= 11 is 5.67.